The molecule has 0 radical (unpaired) electrons. The Balaban J connectivity index is 1.49. The van der Waals surface area contributed by atoms with Crippen LogP contribution in [0.1, 0.15) is 27.9 Å². The number of nitrogens with zero attached hydrogens (tertiary/aromatic N) is 2. The third-order valence-electron chi connectivity index (χ3n) is 4.40. The van der Waals surface area contributed by atoms with E-state index in [-0.39, 0.29) is 17.8 Å². The molecule has 1 aliphatic heterocycles. The lowest BCUT2D eigenvalue weighted by Crippen LogP contribution is -2.42. The number of hydrogen-bond donors (Lipinski definition) is 1. The van der Waals surface area contributed by atoms with Gasteiger partial charge in [-0.1, -0.05) is 12.1 Å². The molecule has 3 aromatic rings. The van der Waals surface area contributed by atoms with Gasteiger partial charge in [-0.15, -0.1) is 0 Å². The molecule has 1 amide bonds. The third kappa shape index (κ3) is 3.25. The van der Waals surface area contributed by atoms with E-state index in [0.717, 1.165) is 11.3 Å². The average molecular weight is 355 g/mol. The van der Waals surface area contributed by atoms with Gasteiger partial charge in [-0.25, -0.2) is 4.39 Å². The maximum Gasteiger partial charge on any atom is 0.274 e. The maximum atomic E-state index is 13.1. The summed E-state index contributed by atoms with van der Waals surface area (Å²) in [6.07, 6.45) is -0.278. The molecule has 1 fully saturated rings. The summed E-state index contributed by atoms with van der Waals surface area (Å²) in [6, 6.07) is 11.5. The van der Waals surface area contributed by atoms with E-state index in [1.807, 2.05) is 19.1 Å². The first-order valence-electron chi connectivity index (χ1n) is 8.39. The van der Waals surface area contributed by atoms with Crippen molar-refractivity contribution < 1.29 is 18.3 Å². The first kappa shape index (κ1) is 16.5. The predicted octanol–water partition coefficient (Wildman–Crippen LogP) is 3.33. The van der Waals surface area contributed by atoms with Crippen molar-refractivity contribution in [1.82, 2.24) is 15.1 Å². The van der Waals surface area contributed by atoms with Crippen molar-refractivity contribution in [3.8, 4) is 11.5 Å². The van der Waals surface area contributed by atoms with E-state index < -0.39 is 0 Å². The number of H-pyrrole nitrogens is 1. The molecule has 4 rings (SSSR count). The van der Waals surface area contributed by atoms with Gasteiger partial charge in [0, 0.05) is 12.6 Å². The number of benzene rings is 1. The smallest absolute Gasteiger partial charge is 0.274 e. The zero-order chi connectivity index (χ0) is 18.1. The number of amides is 1. The Labute approximate surface area is 149 Å². The van der Waals surface area contributed by atoms with Crippen molar-refractivity contribution in [3.63, 3.8) is 0 Å². The van der Waals surface area contributed by atoms with Gasteiger partial charge in [-0.2, -0.15) is 5.10 Å². The van der Waals surface area contributed by atoms with Crippen molar-refractivity contribution in [2.75, 3.05) is 19.7 Å². The van der Waals surface area contributed by atoms with Crippen LogP contribution in [-0.2, 0) is 4.74 Å². The van der Waals surface area contributed by atoms with Crippen LogP contribution in [0.15, 0.2) is 46.9 Å². The first-order chi connectivity index (χ1) is 12.6. The molecule has 0 saturated carbocycles. The van der Waals surface area contributed by atoms with Gasteiger partial charge in [0.2, 0.25) is 0 Å². The summed E-state index contributed by atoms with van der Waals surface area (Å²) in [5.41, 5.74) is 1.83. The van der Waals surface area contributed by atoms with Crippen LogP contribution in [0.25, 0.3) is 11.5 Å². The molecule has 7 heteroatoms. The van der Waals surface area contributed by atoms with E-state index in [1.165, 1.54) is 12.1 Å². The fourth-order valence-electron chi connectivity index (χ4n) is 3.01. The Hall–Kier alpha value is -2.93. The SMILES string of the molecule is Cc1ccc(-c2cc(C(=O)N3CCO[C@H](c4ccc(F)cc4)C3)n[nH]2)o1. The van der Waals surface area contributed by atoms with Crippen molar-refractivity contribution in [2.45, 2.75) is 13.0 Å². The normalized spacial score (nSPS) is 17.5. The number of carbonyl (C=O) groups is 1. The molecule has 1 saturated heterocycles. The van der Waals surface area contributed by atoms with Gasteiger partial charge in [0.25, 0.3) is 5.91 Å². The topological polar surface area (TPSA) is 71.4 Å². The molecule has 1 N–H and O–H groups in total. The molecule has 1 aromatic carbocycles. The number of hydrogen-bond acceptors (Lipinski definition) is 4. The Morgan fingerprint density at radius 1 is 1.27 bits per heavy atom. The molecule has 0 unspecified atom stereocenters. The second-order valence-electron chi connectivity index (χ2n) is 6.24. The zero-order valence-corrected chi connectivity index (χ0v) is 14.2. The van der Waals surface area contributed by atoms with Gasteiger partial charge < -0.3 is 14.1 Å². The Kier molecular flexibility index (Phi) is 4.30. The van der Waals surface area contributed by atoms with Crippen LogP contribution in [-0.4, -0.2) is 40.7 Å². The third-order valence-corrected chi connectivity index (χ3v) is 4.40. The van der Waals surface area contributed by atoms with Crippen molar-refractivity contribution in [1.29, 1.82) is 0 Å². The maximum absolute atomic E-state index is 13.1. The molecule has 0 bridgehead atoms. The van der Waals surface area contributed by atoms with E-state index in [4.69, 9.17) is 9.15 Å². The lowest BCUT2D eigenvalue weighted by molar-refractivity contribution is -0.0230. The van der Waals surface area contributed by atoms with Crippen LogP contribution >= 0.6 is 0 Å². The monoisotopic (exact) mass is 355 g/mol. The van der Waals surface area contributed by atoms with Crippen LogP contribution in [0.4, 0.5) is 4.39 Å². The highest BCUT2D eigenvalue weighted by atomic mass is 19.1. The molecule has 6 nitrogen and oxygen atoms in total. The number of aromatic amines is 1. The number of carbonyl (C=O) groups excluding carboxylic acids is 1. The van der Waals surface area contributed by atoms with Gasteiger partial charge in [-0.3, -0.25) is 9.89 Å². The summed E-state index contributed by atoms with van der Waals surface area (Å²) in [5.74, 6) is 0.957. The largest absolute Gasteiger partial charge is 0.460 e. The van der Waals surface area contributed by atoms with Crippen LogP contribution < -0.4 is 0 Å². The quantitative estimate of drug-likeness (QED) is 0.782. The number of furan rings is 1. The van der Waals surface area contributed by atoms with Crippen LogP contribution in [0.5, 0.6) is 0 Å². The van der Waals surface area contributed by atoms with Crippen molar-refractivity contribution in [3.05, 3.63) is 65.3 Å². The highest BCUT2D eigenvalue weighted by Gasteiger charge is 2.27. The van der Waals surface area contributed by atoms with Crippen LogP contribution in [0.2, 0.25) is 0 Å². The minimum absolute atomic E-state index is 0.175. The molecule has 1 atom stereocenters. The van der Waals surface area contributed by atoms with E-state index in [1.54, 1.807) is 23.1 Å². The Morgan fingerprint density at radius 2 is 2.08 bits per heavy atom. The number of aryl methyl sites for hydroxylation is 1. The lowest BCUT2D eigenvalue weighted by Gasteiger charge is -2.32. The van der Waals surface area contributed by atoms with Gasteiger partial charge >= 0.3 is 0 Å². The van der Waals surface area contributed by atoms with E-state index >= 15 is 0 Å². The van der Waals surface area contributed by atoms with Gasteiger partial charge in [0.15, 0.2) is 11.5 Å². The molecule has 2 aromatic heterocycles. The first-order valence-corrected chi connectivity index (χ1v) is 8.39. The molecule has 26 heavy (non-hydrogen) atoms. The van der Waals surface area contributed by atoms with Gasteiger partial charge in [-0.05, 0) is 36.8 Å². The summed E-state index contributed by atoms with van der Waals surface area (Å²) >= 11 is 0. The summed E-state index contributed by atoms with van der Waals surface area (Å²) in [4.78, 5) is 14.5. The minimum atomic E-state index is -0.297. The number of halogens is 1. The van der Waals surface area contributed by atoms with E-state index in [0.29, 0.717) is 36.8 Å². The molecule has 134 valence electrons. The average Bonchev–Trinajstić information content (AvgIpc) is 3.31. The van der Waals surface area contributed by atoms with Crippen LogP contribution in [0.3, 0.4) is 0 Å². The number of aromatic nitrogens is 2. The lowest BCUT2D eigenvalue weighted by atomic mass is 10.1. The van der Waals surface area contributed by atoms with Gasteiger partial charge in [0.1, 0.15) is 23.4 Å². The van der Waals surface area contributed by atoms with Crippen LogP contribution in [0, 0.1) is 12.7 Å². The Morgan fingerprint density at radius 3 is 2.81 bits per heavy atom. The van der Waals surface area contributed by atoms with E-state index in [9.17, 15) is 9.18 Å². The molecule has 3 heterocycles. The number of rotatable bonds is 3. The fourth-order valence-corrected chi connectivity index (χ4v) is 3.01. The number of ether oxygens (including phenoxy) is 1. The predicted molar refractivity (Wildman–Crippen MR) is 92.0 cm³/mol. The zero-order valence-electron chi connectivity index (χ0n) is 14.2. The summed E-state index contributed by atoms with van der Waals surface area (Å²) in [6.45, 7) is 3.16. The van der Waals surface area contributed by atoms with Crippen molar-refractivity contribution in [2.24, 2.45) is 0 Å². The highest BCUT2D eigenvalue weighted by Crippen LogP contribution is 2.25. The second kappa shape index (κ2) is 6.76. The van der Waals surface area contributed by atoms with E-state index in [2.05, 4.69) is 10.2 Å². The molecule has 1 aliphatic rings. The summed E-state index contributed by atoms with van der Waals surface area (Å²) in [7, 11) is 0. The van der Waals surface area contributed by atoms with Crippen molar-refractivity contribution >= 4 is 5.91 Å². The highest BCUT2D eigenvalue weighted by molar-refractivity contribution is 5.93. The molecular formula is C19H18FN3O3. The fraction of sp³-hybridized carbons (Fsp3) is 0.263. The number of nitrogens with one attached hydrogen (secondary N) is 1. The number of morpholine rings is 1. The molecular weight excluding hydrogens is 337 g/mol. The molecule has 0 aliphatic carbocycles. The molecule has 0 spiro atoms. The minimum Gasteiger partial charge on any atom is -0.460 e. The second-order valence-corrected chi connectivity index (χ2v) is 6.24. The Bertz CT molecular complexity index is 916. The standard InChI is InChI=1S/C19H18FN3O3/c1-12-2-7-17(26-12)15-10-16(22-21-15)19(24)23-8-9-25-18(11-23)13-3-5-14(20)6-4-13/h2-7,10,18H,8-9,11H2,1H3,(H,21,22)/t18-/m0/s1. The van der Waals surface area contributed by atoms with Gasteiger partial charge in [0.05, 0.1) is 13.2 Å². The summed E-state index contributed by atoms with van der Waals surface area (Å²) < 4.78 is 24.4. The summed E-state index contributed by atoms with van der Waals surface area (Å²) in [5, 5.41) is 6.96.